The van der Waals surface area contributed by atoms with Gasteiger partial charge in [-0.05, 0) is 24.3 Å². The van der Waals surface area contributed by atoms with Crippen LogP contribution < -0.4 is 4.74 Å². The second kappa shape index (κ2) is 7.67. The van der Waals surface area contributed by atoms with Crippen molar-refractivity contribution in [3.8, 4) is 17.2 Å². The van der Waals surface area contributed by atoms with E-state index in [1.165, 1.54) is 0 Å². The number of rotatable bonds is 6. The first-order valence-electron chi connectivity index (χ1n) is 8.57. The van der Waals surface area contributed by atoms with E-state index in [-0.39, 0.29) is 6.10 Å². The highest BCUT2D eigenvalue weighted by Crippen LogP contribution is 2.22. The van der Waals surface area contributed by atoms with Crippen LogP contribution in [0, 0.1) is 0 Å². The molecule has 0 spiro atoms. The third-order valence-electron chi connectivity index (χ3n) is 4.36. The van der Waals surface area contributed by atoms with Crippen LogP contribution in [0.2, 0.25) is 0 Å². The van der Waals surface area contributed by atoms with Gasteiger partial charge in [0.05, 0.1) is 38.3 Å². The van der Waals surface area contributed by atoms with Gasteiger partial charge in [0.2, 0.25) is 5.89 Å². The number of nitrogens with zero attached hydrogens (tertiary/aromatic N) is 5. The number of morpholine rings is 1. The summed E-state index contributed by atoms with van der Waals surface area (Å²) in [7, 11) is 1.65. The lowest BCUT2D eigenvalue weighted by Crippen LogP contribution is -2.43. The Morgan fingerprint density at radius 3 is 2.92 bits per heavy atom. The van der Waals surface area contributed by atoms with Crippen LogP contribution in [-0.4, -0.2) is 57.8 Å². The fourth-order valence-electron chi connectivity index (χ4n) is 3.05. The Morgan fingerprint density at radius 2 is 2.15 bits per heavy atom. The molecule has 8 nitrogen and oxygen atoms in total. The molecule has 8 heteroatoms. The largest absolute Gasteiger partial charge is 0.497 e. The van der Waals surface area contributed by atoms with Crippen molar-refractivity contribution in [2.75, 3.05) is 26.8 Å². The molecule has 1 unspecified atom stereocenters. The van der Waals surface area contributed by atoms with E-state index in [1.54, 1.807) is 24.3 Å². The number of aromatic nitrogens is 4. The van der Waals surface area contributed by atoms with Crippen molar-refractivity contribution in [1.82, 2.24) is 24.9 Å². The number of oxazole rings is 1. The standard InChI is InChI=1S/C18H21N5O3/c1-24-16-4-2-14(3-5-16)18-20-15(13-26-18)10-22-8-9-25-17(11-22)12-23-7-6-19-21-23/h2-7,13,17H,8-12H2,1H3. The molecule has 0 saturated carbocycles. The van der Waals surface area contributed by atoms with E-state index < -0.39 is 0 Å². The van der Waals surface area contributed by atoms with Crippen LogP contribution >= 0.6 is 0 Å². The molecule has 1 aliphatic heterocycles. The predicted octanol–water partition coefficient (Wildman–Crippen LogP) is 1.84. The molecule has 4 rings (SSSR count). The molecule has 26 heavy (non-hydrogen) atoms. The lowest BCUT2D eigenvalue weighted by atomic mass is 10.2. The molecule has 3 heterocycles. The quantitative estimate of drug-likeness (QED) is 0.667. The highest BCUT2D eigenvalue weighted by molar-refractivity contribution is 5.54. The summed E-state index contributed by atoms with van der Waals surface area (Å²) in [5, 5.41) is 7.83. The third kappa shape index (κ3) is 3.92. The van der Waals surface area contributed by atoms with Crippen molar-refractivity contribution in [1.29, 1.82) is 0 Å². The molecule has 2 aromatic heterocycles. The Bertz CT molecular complexity index is 816. The molecule has 1 fully saturated rings. The molecular weight excluding hydrogens is 334 g/mol. The van der Waals surface area contributed by atoms with Crippen molar-refractivity contribution in [2.24, 2.45) is 0 Å². The van der Waals surface area contributed by atoms with E-state index in [0.29, 0.717) is 19.0 Å². The number of ether oxygens (including phenoxy) is 2. The Hall–Kier alpha value is -2.71. The zero-order chi connectivity index (χ0) is 17.8. The second-order valence-corrected chi connectivity index (χ2v) is 6.23. The average molecular weight is 355 g/mol. The lowest BCUT2D eigenvalue weighted by Gasteiger charge is -2.32. The second-order valence-electron chi connectivity index (χ2n) is 6.23. The van der Waals surface area contributed by atoms with E-state index in [0.717, 1.165) is 36.6 Å². The summed E-state index contributed by atoms with van der Waals surface area (Å²) >= 11 is 0. The van der Waals surface area contributed by atoms with Gasteiger partial charge in [-0.2, -0.15) is 0 Å². The molecule has 0 amide bonds. The minimum Gasteiger partial charge on any atom is -0.497 e. The molecule has 0 bridgehead atoms. The SMILES string of the molecule is COc1ccc(-c2nc(CN3CCOC(Cn4ccnn4)C3)co2)cc1. The maximum atomic E-state index is 5.83. The maximum absolute atomic E-state index is 5.83. The van der Waals surface area contributed by atoms with Gasteiger partial charge in [-0.25, -0.2) is 9.67 Å². The van der Waals surface area contributed by atoms with Crippen LogP contribution in [0.3, 0.4) is 0 Å². The van der Waals surface area contributed by atoms with Crippen LogP contribution in [0.25, 0.3) is 11.5 Å². The highest BCUT2D eigenvalue weighted by Gasteiger charge is 2.22. The maximum Gasteiger partial charge on any atom is 0.226 e. The molecule has 0 aliphatic carbocycles. The van der Waals surface area contributed by atoms with Crippen LogP contribution in [0.5, 0.6) is 5.75 Å². The van der Waals surface area contributed by atoms with Gasteiger partial charge in [0.25, 0.3) is 0 Å². The first-order valence-corrected chi connectivity index (χ1v) is 8.57. The average Bonchev–Trinajstić information content (AvgIpc) is 3.34. The number of hydrogen-bond acceptors (Lipinski definition) is 7. The first-order chi connectivity index (χ1) is 12.8. The van der Waals surface area contributed by atoms with Crippen LogP contribution in [0.15, 0.2) is 47.3 Å². The van der Waals surface area contributed by atoms with E-state index in [2.05, 4.69) is 20.2 Å². The number of hydrogen-bond donors (Lipinski definition) is 0. The summed E-state index contributed by atoms with van der Waals surface area (Å²) in [6.07, 6.45) is 5.34. The summed E-state index contributed by atoms with van der Waals surface area (Å²) in [5.41, 5.74) is 1.85. The Balaban J connectivity index is 1.37. The topological polar surface area (TPSA) is 78.4 Å². The number of benzene rings is 1. The fourth-order valence-corrected chi connectivity index (χ4v) is 3.05. The minimum atomic E-state index is 0.0957. The predicted molar refractivity (Wildman–Crippen MR) is 93.5 cm³/mol. The zero-order valence-corrected chi connectivity index (χ0v) is 14.6. The smallest absolute Gasteiger partial charge is 0.226 e. The van der Waals surface area contributed by atoms with Gasteiger partial charge in [-0.3, -0.25) is 4.90 Å². The summed E-state index contributed by atoms with van der Waals surface area (Å²) in [4.78, 5) is 6.93. The Morgan fingerprint density at radius 1 is 1.27 bits per heavy atom. The molecule has 1 saturated heterocycles. The van der Waals surface area contributed by atoms with Gasteiger partial charge in [0.15, 0.2) is 0 Å². The molecule has 1 atom stereocenters. The van der Waals surface area contributed by atoms with Gasteiger partial charge < -0.3 is 13.9 Å². The highest BCUT2D eigenvalue weighted by atomic mass is 16.5. The van der Waals surface area contributed by atoms with E-state index in [9.17, 15) is 0 Å². The third-order valence-corrected chi connectivity index (χ3v) is 4.36. The molecule has 0 N–H and O–H groups in total. The molecule has 1 aliphatic rings. The molecule has 3 aromatic rings. The van der Waals surface area contributed by atoms with Crippen LogP contribution in [0.1, 0.15) is 5.69 Å². The van der Waals surface area contributed by atoms with E-state index in [4.69, 9.17) is 13.9 Å². The minimum absolute atomic E-state index is 0.0957. The van der Waals surface area contributed by atoms with Crippen molar-refractivity contribution in [3.05, 3.63) is 48.6 Å². The van der Waals surface area contributed by atoms with E-state index >= 15 is 0 Å². The van der Waals surface area contributed by atoms with Crippen LogP contribution in [0.4, 0.5) is 0 Å². The summed E-state index contributed by atoms with van der Waals surface area (Å²) in [6.45, 7) is 3.83. The zero-order valence-electron chi connectivity index (χ0n) is 14.6. The fraction of sp³-hybridized carbons (Fsp3) is 0.389. The molecular formula is C18H21N5O3. The molecule has 0 radical (unpaired) electrons. The van der Waals surface area contributed by atoms with Gasteiger partial charge in [0.1, 0.15) is 12.0 Å². The normalized spacial score (nSPS) is 18.1. The number of methoxy groups -OCH3 is 1. The van der Waals surface area contributed by atoms with Crippen molar-refractivity contribution in [2.45, 2.75) is 19.2 Å². The van der Waals surface area contributed by atoms with Gasteiger partial charge in [-0.15, -0.1) is 5.10 Å². The monoisotopic (exact) mass is 355 g/mol. The van der Waals surface area contributed by atoms with Crippen LogP contribution in [-0.2, 0) is 17.8 Å². The molecule has 1 aromatic carbocycles. The first kappa shape index (κ1) is 16.7. The summed E-state index contributed by atoms with van der Waals surface area (Å²) in [6, 6.07) is 7.68. The van der Waals surface area contributed by atoms with Crippen molar-refractivity contribution in [3.63, 3.8) is 0 Å². The van der Waals surface area contributed by atoms with E-state index in [1.807, 2.05) is 30.5 Å². The van der Waals surface area contributed by atoms with Crippen molar-refractivity contribution >= 4 is 0 Å². The van der Waals surface area contributed by atoms with Crippen molar-refractivity contribution < 1.29 is 13.9 Å². The van der Waals surface area contributed by atoms with Gasteiger partial charge >= 0.3 is 0 Å². The Labute approximate surface area is 151 Å². The Kier molecular flexibility index (Phi) is 4.94. The lowest BCUT2D eigenvalue weighted by molar-refractivity contribution is -0.0407. The summed E-state index contributed by atoms with van der Waals surface area (Å²) in [5.74, 6) is 1.43. The van der Waals surface area contributed by atoms with Gasteiger partial charge in [0, 0.05) is 31.4 Å². The summed E-state index contributed by atoms with van der Waals surface area (Å²) < 4.78 is 18.5. The molecule has 136 valence electrons. The van der Waals surface area contributed by atoms with Gasteiger partial charge in [-0.1, -0.05) is 5.21 Å².